The second kappa shape index (κ2) is 11.2. The Morgan fingerprint density at radius 3 is 2.58 bits per heavy atom. The molecule has 5 rings (SSSR count). The lowest BCUT2D eigenvalue weighted by Gasteiger charge is -2.40. The zero-order chi connectivity index (χ0) is 28.3. The van der Waals surface area contributed by atoms with Gasteiger partial charge in [-0.15, -0.1) is 0 Å². The molecule has 40 heavy (non-hydrogen) atoms. The van der Waals surface area contributed by atoms with Crippen molar-refractivity contribution in [2.75, 3.05) is 17.3 Å². The first-order valence-corrected chi connectivity index (χ1v) is 13.2. The van der Waals surface area contributed by atoms with Gasteiger partial charge >= 0.3 is 12.0 Å². The Morgan fingerprint density at radius 1 is 1.05 bits per heavy atom. The van der Waals surface area contributed by atoms with Crippen LogP contribution in [0.5, 0.6) is 5.75 Å². The molecule has 10 nitrogen and oxygen atoms in total. The maximum Gasteiger partial charge on any atom is 0.321 e. The van der Waals surface area contributed by atoms with Crippen LogP contribution in [0.4, 0.5) is 16.2 Å². The van der Waals surface area contributed by atoms with Gasteiger partial charge < -0.3 is 24.7 Å². The number of para-hydroxylation sites is 1. The van der Waals surface area contributed by atoms with E-state index in [-0.39, 0.29) is 23.3 Å². The van der Waals surface area contributed by atoms with Crippen molar-refractivity contribution in [1.29, 1.82) is 0 Å². The highest BCUT2D eigenvalue weighted by Gasteiger charge is 2.49. The van der Waals surface area contributed by atoms with Gasteiger partial charge in [0, 0.05) is 49.0 Å². The van der Waals surface area contributed by atoms with E-state index < -0.39 is 23.1 Å². The summed E-state index contributed by atoms with van der Waals surface area (Å²) in [4.78, 5) is 57.2. The number of esters is 1. The lowest BCUT2D eigenvalue weighted by atomic mass is 9.79. The number of benzodiazepines with no additional fused rings is 1. The number of hydrogen-bond donors (Lipinski definition) is 2. The first kappa shape index (κ1) is 26.9. The van der Waals surface area contributed by atoms with E-state index in [4.69, 9.17) is 14.1 Å². The summed E-state index contributed by atoms with van der Waals surface area (Å²) >= 11 is 0. The van der Waals surface area contributed by atoms with E-state index in [0.29, 0.717) is 11.3 Å². The predicted molar refractivity (Wildman–Crippen MR) is 151 cm³/mol. The van der Waals surface area contributed by atoms with Crippen molar-refractivity contribution >= 4 is 35.5 Å². The lowest BCUT2D eigenvalue weighted by molar-refractivity contribution is -0.132. The molecule has 0 radical (unpaired) electrons. The molecule has 0 bridgehead atoms. The van der Waals surface area contributed by atoms with Crippen molar-refractivity contribution in [1.82, 2.24) is 5.32 Å². The molecule has 0 spiro atoms. The van der Waals surface area contributed by atoms with Crippen LogP contribution < -0.4 is 25.7 Å². The van der Waals surface area contributed by atoms with Gasteiger partial charge in [0.25, 0.3) is 5.91 Å². The number of hydrogen-bond acceptors (Lipinski definition) is 7. The van der Waals surface area contributed by atoms with E-state index in [0.717, 1.165) is 49.6 Å². The van der Waals surface area contributed by atoms with Crippen LogP contribution in [0.3, 0.4) is 0 Å². The number of likely N-dealkylation sites (N-methyl/N-ethyl adjacent to an activating group) is 1. The van der Waals surface area contributed by atoms with E-state index in [1.54, 1.807) is 42.4 Å². The first-order valence-electron chi connectivity index (χ1n) is 13.2. The summed E-state index contributed by atoms with van der Waals surface area (Å²) in [5.41, 5.74) is 0.483. The third-order valence-corrected chi connectivity index (χ3v) is 7.29. The molecule has 1 aromatic heterocycles. The smallest absolute Gasteiger partial charge is 0.321 e. The number of rotatable bonds is 5. The quantitative estimate of drug-likeness (QED) is 0.449. The largest absolute Gasteiger partial charge is 0.460 e. The number of nitrogens with zero attached hydrogens (tertiary/aromatic N) is 2. The van der Waals surface area contributed by atoms with Crippen molar-refractivity contribution in [3.05, 3.63) is 76.6 Å². The molecule has 10 heteroatoms. The van der Waals surface area contributed by atoms with Gasteiger partial charge in [-0.2, -0.15) is 0 Å². The standard InChI is InChI=1S/C30H30N4O6/c1-19(35)40-27-18-39-26(16-25(27)36)20-10-8-13-23(15-20)32-29(38)33-30(22-11-4-3-5-12-22)28(37)34(2)24-14-7-6-9-21(24)17-31-30/h6-10,13-18,22H,3-5,11-12H2,1-2H3,(H2,32,33,38). The Morgan fingerprint density at radius 2 is 1.82 bits per heavy atom. The highest BCUT2D eigenvalue weighted by Crippen LogP contribution is 2.38. The molecule has 2 heterocycles. The van der Waals surface area contributed by atoms with Gasteiger partial charge in [0.2, 0.25) is 16.8 Å². The van der Waals surface area contributed by atoms with Crippen LogP contribution in [0.25, 0.3) is 11.3 Å². The number of anilines is 2. The van der Waals surface area contributed by atoms with E-state index >= 15 is 0 Å². The third kappa shape index (κ3) is 5.38. The summed E-state index contributed by atoms with van der Waals surface area (Å²) in [5, 5.41) is 5.75. The summed E-state index contributed by atoms with van der Waals surface area (Å²) in [6.07, 6.45) is 7.28. The zero-order valence-corrected chi connectivity index (χ0v) is 22.3. The molecule has 1 saturated carbocycles. The fraction of sp³-hybridized carbons (Fsp3) is 0.300. The topological polar surface area (TPSA) is 130 Å². The fourth-order valence-electron chi connectivity index (χ4n) is 5.35. The fourth-order valence-corrected chi connectivity index (χ4v) is 5.35. The van der Waals surface area contributed by atoms with Crippen LogP contribution in [-0.4, -0.2) is 36.8 Å². The van der Waals surface area contributed by atoms with Crippen LogP contribution in [0.15, 0.2) is 75.1 Å². The van der Waals surface area contributed by atoms with Gasteiger partial charge in [0.1, 0.15) is 12.0 Å². The average molecular weight is 543 g/mol. The summed E-state index contributed by atoms with van der Waals surface area (Å²) in [6.45, 7) is 1.19. The Labute approximate surface area is 231 Å². The number of carbonyl (C=O) groups excluding carboxylic acids is 3. The van der Waals surface area contributed by atoms with Gasteiger partial charge in [-0.25, -0.2) is 4.79 Å². The molecule has 2 N–H and O–H groups in total. The third-order valence-electron chi connectivity index (χ3n) is 7.29. The van der Waals surface area contributed by atoms with Crippen molar-refractivity contribution in [2.24, 2.45) is 10.9 Å². The number of benzene rings is 2. The molecule has 3 aromatic rings. The van der Waals surface area contributed by atoms with E-state index in [9.17, 15) is 19.2 Å². The Bertz CT molecular complexity index is 1540. The van der Waals surface area contributed by atoms with E-state index in [1.165, 1.54) is 13.0 Å². The Kier molecular flexibility index (Phi) is 7.50. The summed E-state index contributed by atoms with van der Waals surface area (Å²) in [6, 6.07) is 14.9. The SMILES string of the molecule is CC(=O)Oc1coc(-c2cccc(NC(=O)NC3(C4CCCCC4)N=Cc4ccccc4N(C)C3=O)c2)cc1=O. The molecule has 0 saturated heterocycles. The van der Waals surface area contributed by atoms with Crippen molar-refractivity contribution in [3.8, 4) is 17.1 Å². The van der Waals surface area contributed by atoms with Crippen LogP contribution in [0.1, 0.15) is 44.6 Å². The summed E-state index contributed by atoms with van der Waals surface area (Å²) in [7, 11) is 1.71. The second-order valence-electron chi connectivity index (χ2n) is 10.0. The van der Waals surface area contributed by atoms with Crippen LogP contribution in [-0.2, 0) is 9.59 Å². The summed E-state index contributed by atoms with van der Waals surface area (Å²) in [5.74, 6) is -1.07. The highest BCUT2D eigenvalue weighted by atomic mass is 16.5. The second-order valence-corrected chi connectivity index (χ2v) is 10.0. The van der Waals surface area contributed by atoms with Gasteiger partial charge in [-0.3, -0.25) is 19.4 Å². The van der Waals surface area contributed by atoms with Crippen molar-refractivity contribution in [2.45, 2.75) is 44.7 Å². The number of carbonyl (C=O) groups is 3. The van der Waals surface area contributed by atoms with Crippen LogP contribution in [0, 0.1) is 5.92 Å². The average Bonchev–Trinajstić information content (AvgIpc) is 3.05. The molecule has 1 fully saturated rings. The van der Waals surface area contributed by atoms with E-state index in [2.05, 4.69) is 10.6 Å². The molecule has 2 aliphatic rings. The monoisotopic (exact) mass is 542 g/mol. The van der Waals surface area contributed by atoms with Gasteiger partial charge in [-0.05, 0) is 31.0 Å². The lowest BCUT2D eigenvalue weighted by Crippen LogP contribution is -2.63. The molecule has 1 aliphatic carbocycles. The van der Waals surface area contributed by atoms with Crippen molar-refractivity contribution in [3.63, 3.8) is 0 Å². The molecular formula is C30H30N4O6. The van der Waals surface area contributed by atoms with Crippen LogP contribution >= 0.6 is 0 Å². The van der Waals surface area contributed by atoms with Gasteiger partial charge in [-0.1, -0.05) is 49.6 Å². The van der Waals surface area contributed by atoms with E-state index in [1.807, 2.05) is 24.3 Å². The minimum atomic E-state index is -1.46. The Balaban J connectivity index is 1.41. The minimum absolute atomic E-state index is 0.163. The molecule has 3 amide bonds. The molecular weight excluding hydrogens is 512 g/mol. The minimum Gasteiger partial charge on any atom is -0.460 e. The van der Waals surface area contributed by atoms with Gasteiger partial charge in [0.15, 0.2) is 0 Å². The number of aliphatic imine (C=N–C) groups is 1. The Hall–Kier alpha value is -4.73. The molecule has 1 atom stereocenters. The first-order chi connectivity index (χ1) is 19.3. The predicted octanol–water partition coefficient (Wildman–Crippen LogP) is 4.73. The van der Waals surface area contributed by atoms with Crippen molar-refractivity contribution < 1.29 is 23.5 Å². The number of amides is 3. The summed E-state index contributed by atoms with van der Waals surface area (Å²) < 4.78 is 10.3. The van der Waals surface area contributed by atoms with Gasteiger partial charge in [0.05, 0.1) is 5.69 Å². The maximum absolute atomic E-state index is 14.0. The number of nitrogens with one attached hydrogen (secondary N) is 2. The zero-order valence-electron chi connectivity index (χ0n) is 22.3. The van der Waals surface area contributed by atoms with Crippen LogP contribution in [0.2, 0.25) is 0 Å². The highest BCUT2D eigenvalue weighted by molar-refractivity contribution is 6.09. The molecule has 1 aliphatic heterocycles. The molecule has 206 valence electrons. The number of fused-ring (bicyclic) bond motifs is 1. The molecule has 1 unspecified atom stereocenters. The maximum atomic E-state index is 14.0. The normalized spacial score (nSPS) is 18.9. The molecule has 2 aromatic carbocycles. The number of ether oxygens (including phenoxy) is 1. The number of urea groups is 1.